The maximum atomic E-state index is 7.04. The van der Waals surface area contributed by atoms with E-state index in [1.807, 2.05) is 0 Å². The lowest BCUT2D eigenvalue weighted by atomic mass is 9.44. The predicted octanol–water partition coefficient (Wildman–Crippen LogP) is 16.4. The summed E-state index contributed by atoms with van der Waals surface area (Å²) in [5.74, 6) is 0. The van der Waals surface area contributed by atoms with E-state index in [2.05, 4.69) is 235 Å². The normalized spacial score (nSPS) is 13.9. The summed E-state index contributed by atoms with van der Waals surface area (Å²) in [5, 5.41) is 7.31. The second-order valence-corrected chi connectivity index (χ2v) is 20.2. The largest absolute Gasteiger partial charge is 0.454 e. The van der Waals surface area contributed by atoms with Crippen LogP contribution in [0.1, 0.15) is 50.3 Å². The van der Waals surface area contributed by atoms with Crippen molar-refractivity contribution in [3.8, 4) is 22.3 Å². The molecule has 4 nitrogen and oxygen atoms in total. The summed E-state index contributed by atoms with van der Waals surface area (Å²) in [7, 11) is 0. The number of hydrogen-bond acceptors (Lipinski definition) is 3. The molecule has 0 spiro atoms. The highest BCUT2D eigenvalue weighted by atomic mass is 16.3. The smallest absolute Gasteiger partial charge is 0.333 e. The van der Waals surface area contributed by atoms with Crippen molar-refractivity contribution in [3.63, 3.8) is 0 Å². The SMILES string of the molecule is CCCCc1ccc(N(c2ccccc2)c2ccc3c(c2)B2c4c(cc5c(c4N3c3cccc4c3oc3ccccc34)C(C)(C)c3ccccc3-5)-c3cccc4c5cc6ccccc6cc5n2c34)cc1. The molecule has 0 fully saturated rings. The van der Waals surface area contributed by atoms with Crippen LogP contribution in [-0.2, 0) is 11.8 Å². The maximum Gasteiger partial charge on any atom is 0.333 e. The highest BCUT2D eigenvalue weighted by Gasteiger charge is 2.49. The minimum absolute atomic E-state index is 0.166. The van der Waals surface area contributed by atoms with Crippen LogP contribution in [0.2, 0.25) is 0 Å². The Labute approximate surface area is 407 Å². The Balaban J connectivity index is 1.10. The average molecular weight is 898 g/mol. The first-order valence-corrected chi connectivity index (χ1v) is 25.0. The van der Waals surface area contributed by atoms with Gasteiger partial charge in [-0.25, -0.2) is 0 Å². The quantitative estimate of drug-likeness (QED) is 0.149. The molecule has 0 amide bonds. The van der Waals surface area contributed by atoms with Crippen molar-refractivity contribution in [2.45, 2.75) is 45.4 Å². The highest BCUT2D eigenvalue weighted by molar-refractivity contribution is 6.90. The van der Waals surface area contributed by atoms with Crippen LogP contribution in [0.3, 0.4) is 0 Å². The molecule has 2 aromatic heterocycles. The summed E-state index contributed by atoms with van der Waals surface area (Å²) in [4.78, 5) is 5.05. The lowest BCUT2D eigenvalue weighted by Gasteiger charge is -2.43. The number of unbranched alkanes of at least 4 members (excludes halogenated alkanes) is 1. The van der Waals surface area contributed by atoms with Crippen molar-refractivity contribution in [1.29, 1.82) is 0 Å². The van der Waals surface area contributed by atoms with Crippen LogP contribution < -0.4 is 20.7 Å². The van der Waals surface area contributed by atoms with Crippen molar-refractivity contribution >= 4 is 106 Å². The monoisotopic (exact) mass is 897 g/mol. The molecular formula is C65H48BN3O. The first-order chi connectivity index (χ1) is 34.5. The molecule has 0 N–H and O–H groups in total. The van der Waals surface area contributed by atoms with Crippen molar-refractivity contribution in [2.75, 3.05) is 9.80 Å². The summed E-state index contributed by atoms with van der Waals surface area (Å²) in [6.45, 7) is 6.97. The molecule has 0 saturated heterocycles. The summed E-state index contributed by atoms with van der Waals surface area (Å²) in [6, 6.07) is 75.1. The molecule has 12 aromatic rings. The number of para-hydroxylation sites is 4. The fraction of sp³-hybridized carbons (Fsp3) is 0.108. The van der Waals surface area contributed by atoms with Crippen LogP contribution in [0, 0.1) is 0 Å². The molecular weight excluding hydrogens is 850 g/mol. The summed E-state index contributed by atoms with van der Waals surface area (Å²) >= 11 is 0. The fourth-order valence-electron chi connectivity index (χ4n) is 13.0. The van der Waals surface area contributed by atoms with Crippen molar-refractivity contribution in [2.24, 2.45) is 0 Å². The van der Waals surface area contributed by atoms with Crippen LogP contribution >= 0.6 is 0 Å². The van der Waals surface area contributed by atoms with Gasteiger partial charge in [-0.2, -0.15) is 0 Å². The third-order valence-corrected chi connectivity index (χ3v) is 16.0. The lowest BCUT2D eigenvalue weighted by Crippen LogP contribution is -2.57. The van der Waals surface area contributed by atoms with Gasteiger partial charge in [0.2, 0.25) is 0 Å². The Morgan fingerprint density at radius 2 is 1.24 bits per heavy atom. The Hall–Kier alpha value is -8.28. The van der Waals surface area contributed by atoms with Gasteiger partial charge in [0.25, 0.3) is 0 Å². The van der Waals surface area contributed by atoms with Crippen LogP contribution in [0.5, 0.6) is 0 Å². The first kappa shape index (κ1) is 39.7. The first-order valence-electron chi connectivity index (χ1n) is 25.0. The molecule has 2 aliphatic heterocycles. The van der Waals surface area contributed by atoms with Crippen LogP contribution in [0.15, 0.2) is 205 Å². The zero-order valence-electron chi connectivity index (χ0n) is 39.5. The molecule has 15 rings (SSSR count). The number of rotatable bonds is 7. The molecule has 3 aliphatic rings. The number of fused-ring (bicyclic) bond motifs is 15. The zero-order chi connectivity index (χ0) is 46.4. The Bertz CT molecular complexity index is 4160. The van der Waals surface area contributed by atoms with Gasteiger partial charge in [0.1, 0.15) is 5.58 Å². The minimum Gasteiger partial charge on any atom is -0.454 e. The number of aromatic nitrogens is 1. The van der Waals surface area contributed by atoms with Crippen molar-refractivity contribution in [1.82, 2.24) is 4.48 Å². The van der Waals surface area contributed by atoms with E-state index in [-0.39, 0.29) is 12.3 Å². The van der Waals surface area contributed by atoms with Crippen molar-refractivity contribution < 1.29 is 4.42 Å². The van der Waals surface area contributed by atoms with E-state index in [1.54, 1.807) is 0 Å². The standard InChI is InChI=1S/C65H48BN3O/c1-4-5-17-40-30-32-44(33-31-40)67(43-20-7-6-8-21-43)45-34-35-56-55(38-45)66-61-53(49-25-15-24-48-51-36-41-18-9-10-19-42(41)37-58(51)69(66)62(48)49)39-52-46-22-11-13-27-54(46)65(2,3)60(52)63(61)68(56)57-28-16-26-50-47-23-12-14-29-59(47)70-64(50)57/h6-16,18-39H,4-5,17H2,1-3H3. The summed E-state index contributed by atoms with van der Waals surface area (Å²) in [5.41, 5.74) is 22.7. The summed E-state index contributed by atoms with van der Waals surface area (Å²) < 4.78 is 9.76. The molecule has 0 atom stereocenters. The van der Waals surface area contributed by atoms with Gasteiger partial charge in [-0.1, -0.05) is 155 Å². The second-order valence-electron chi connectivity index (χ2n) is 20.2. The third-order valence-electron chi connectivity index (χ3n) is 16.0. The number of furan rings is 1. The highest BCUT2D eigenvalue weighted by Crippen LogP contribution is 2.58. The molecule has 0 bridgehead atoms. The Morgan fingerprint density at radius 1 is 0.543 bits per heavy atom. The number of benzene rings is 10. The van der Waals surface area contributed by atoms with Gasteiger partial charge >= 0.3 is 6.85 Å². The maximum absolute atomic E-state index is 7.04. The van der Waals surface area contributed by atoms with Gasteiger partial charge < -0.3 is 18.7 Å². The average Bonchev–Trinajstić information content (AvgIpc) is 4.02. The number of aryl methyl sites for hydroxylation is 1. The van der Waals surface area contributed by atoms with Crippen LogP contribution in [0.25, 0.3) is 76.8 Å². The number of anilines is 6. The minimum atomic E-state index is -0.313. The van der Waals surface area contributed by atoms with Gasteiger partial charge in [-0.15, -0.1) is 0 Å². The van der Waals surface area contributed by atoms with E-state index in [4.69, 9.17) is 4.42 Å². The summed E-state index contributed by atoms with van der Waals surface area (Å²) in [6.07, 6.45) is 3.44. The molecule has 0 unspecified atom stereocenters. The topological polar surface area (TPSA) is 24.6 Å². The second kappa shape index (κ2) is 14.6. The van der Waals surface area contributed by atoms with Gasteiger partial charge in [0.15, 0.2) is 5.58 Å². The molecule has 332 valence electrons. The van der Waals surface area contributed by atoms with Crippen LogP contribution in [0.4, 0.5) is 34.1 Å². The molecule has 10 aromatic carbocycles. The van der Waals surface area contributed by atoms with E-state index in [1.165, 1.54) is 101 Å². The van der Waals surface area contributed by atoms with E-state index >= 15 is 0 Å². The third kappa shape index (κ3) is 5.38. The van der Waals surface area contributed by atoms with E-state index in [0.29, 0.717) is 0 Å². The molecule has 5 heteroatoms. The van der Waals surface area contributed by atoms with Crippen molar-refractivity contribution in [3.05, 3.63) is 217 Å². The van der Waals surface area contributed by atoms with E-state index < -0.39 is 0 Å². The Morgan fingerprint density at radius 3 is 2.10 bits per heavy atom. The Kier molecular flexibility index (Phi) is 8.29. The van der Waals surface area contributed by atoms with Gasteiger partial charge in [0, 0.05) is 72.0 Å². The van der Waals surface area contributed by atoms with E-state index in [0.717, 1.165) is 56.8 Å². The molecule has 70 heavy (non-hydrogen) atoms. The molecule has 4 heterocycles. The van der Waals surface area contributed by atoms with Gasteiger partial charge in [-0.05, 0) is 141 Å². The molecule has 0 radical (unpaired) electrons. The predicted molar refractivity (Wildman–Crippen MR) is 296 cm³/mol. The zero-order valence-corrected chi connectivity index (χ0v) is 39.5. The molecule has 1 aliphatic carbocycles. The van der Waals surface area contributed by atoms with Gasteiger partial charge in [-0.3, -0.25) is 0 Å². The van der Waals surface area contributed by atoms with E-state index in [9.17, 15) is 0 Å². The molecule has 0 saturated carbocycles. The number of nitrogens with zero attached hydrogens (tertiary/aromatic N) is 3. The fourth-order valence-corrected chi connectivity index (χ4v) is 13.0. The lowest BCUT2D eigenvalue weighted by molar-refractivity contribution is 0.659. The van der Waals surface area contributed by atoms with Crippen LogP contribution in [-0.4, -0.2) is 11.3 Å². The number of hydrogen-bond donors (Lipinski definition) is 0. The van der Waals surface area contributed by atoms with Gasteiger partial charge in [0.05, 0.1) is 5.69 Å².